The molecule has 4 atom stereocenters. The third-order valence-electron chi connectivity index (χ3n) is 8.71. The molecule has 3 aliphatic carbocycles. The fraction of sp³-hybridized carbons (Fsp3) is 0.290. The maximum Gasteiger partial charge on any atom is 0.271 e. The molecule has 4 aliphatic rings. The summed E-state index contributed by atoms with van der Waals surface area (Å²) in [5.41, 5.74) is 3.76. The minimum Gasteiger partial charge on any atom is -0.507 e. The highest BCUT2D eigenvalue weighted by Gasteiger charge is 2.56. The topological polar surface area (TPSA) is 135 Å². The molecular formula is C31H26N2O7. The summed E-state index contributed by atoms with van der Waals surface area (Å²) in [6.07, 6.45) is 3.68. The van der Waals surface area contributed by atoms with Crippen LogP contribution in [0.2, 0.25) is 0 Å². The van der Waals surface area contributed by atoms with Gasteiger partial charge in [0.25, 0.3) is 5.69 Å². The summed E-state index contributed by atoms with van der Waals surface area (Å²) in [6.45, 7) is 5.12. The van der Waals surface area contributed by atoms with Crippen LogP contribution in [0.4, 0.5) is 11.4 Å². The van der Waals surface area contributed by atoms with E-state index in [1.807, 2.05) is 6.08 Å². The van der Waals surface area contributed by atoms with E-state index in [1.54, 1.807) is 32.9 Å². The summed E-state index contributed by atoms with van der Waals surface area (Å²) in [7, 11) is 0. The molecule has 0 spiro atoms. The van der Waals surface area contributed by atoms with Gasteiger partial charge in [-0.3, -0.25) is 29.3 Å². The molecule has 2 amide bonds. The average molecular weight is 539 g/mol. The Morgan fingerprint density at radius 2 is 1.68 bits per heavy atom. The van der Waals surface area contributed by atoms with Crippen molar-refractivity contribution in [2.75, 3.05) is 4.90 Å². The van der Waals surface area contributed by atoms with Gasteiger partial charge in [0.1, 0.15) is 5.75 Å². The van der Waals surface area contributed by atoms with E-state index in [2.05, 4.69) is 0 Å². The monoisotopic (exact) mass is 538 g/mol. The van der Waals surface area contributed by atoms with Gasteiger partial charge in [0, 0.05) is 34.8 Å². The number of fused-ring (bicyclic) bond motifs is 3. The van der Waals surface area contributed by atoms with Crippen LogP contribution in [0.15, 0.2) is 70.8 Å². The summed E-state index contributed by atoms with van der Waals surface area (Å²) in [4.78, 5) is 66.1. The zero-order valence-electron chi connectivity index (χ0n) is 22.1. The lowest BCUT2D eigenvalue weighted by molar-refractivity contribution is -0.384. The third-order valence-corrected chi connectivity index (χ3v) is 8.71. The number of non-ortho nitro benzene ring substituents is 1. The first-order valence-electron chi connectivity index (χ1n) is 13.1. The number of ketones is 2. The zero-order chi connectivity index (χ0) is 28.6. The second-order valence-corrected chi connectivity index (χ2v) is 11.0. The minimum absolute atomic E-state index is 0.139. The van der Waals surface area contributed by atoms with Crippen LogP contribution >= 0.6 is 0 Å². The predicted molar refractivity (Wildman–Crippen MR) is 144 cm³/mol. The van der Waals surface area contributed by atoms with E-state index in [4.69, 9.17) is 0 Å². The van der Waals surface area contributed by atoms with E-state index in [1.165, 1.54) is 30.3 Å². The molecule has 202 valence electrons. The van der Waals surface area contributed by atoms with Crippen molar-refractivity contribution in [3.63, 3.8) is 0 Å². The Hall–Kier alpha value is -4.66. The van der Waals surface area contributed by atoms with Gasteiger partial charge >= 0.3 is 0 Å². The van der Waals surface area contributed by atoms with Crippen LogP contribution in [-0.4, -0.2) is 33.4 Å². The number of nitro groups is 1. The number of hydrogen-bond donors (Lipinski definition) is 1. The van der Waals surface area contributed by atoms with Crippen molar-refractivity contribution < 1.29 is 29.2 Å². The van der Waals surface area contributed by atoms with Crippen LogP contribution in [0, 0.1) is 41.7 Å². The van der Waals surface area contributed by atoms with E-state index in [9.17, 15) is 34.4 Å². The Morgan fingerprint density at radius 3 is 2.35 bits per heavy atom. The maximum atomic E-state index is 13.9. The second-order valence-electron chi connectivity index (χ2n) is 11.0. The molecule has 1 heterocycles. The number of imide groups is 1. The first-order valence-corrected chi connectivity index (χ1v) is 13.1. The van der Waals surface area contributed by atoms with Gasteiger partial charge in [-0.1, -0.05) is 29.8 Å². The van der Waals surface area contributed by atoms with E-state index in [0.717, 1.165) is 16.0 Å². The summed E-state index contributed by atoms with van der Waals surface area (Å²) in [6, 6.07) is 9.04. The Morgan fingerprint density at radius 1 is 0.975 bits per heavy atom. The summed E-state index contributed by atoms with van der Waals surface area (Å²) in [5, 5.41) is 21.8. The Balaban J connectivity index is 1.49. The fourth-order valence-corrected chi connectivity index (χ4v) is 6.92. The number of phenols is 1. The molecule has 0 radical (unpaired) electrons. The number of carbonyl (C=O) groups is 4. The second kappa shape index (κ2) is 8.94. The lowest BCUT2D eigenvalue weighted by atomic mass is 9.59. The minimum atomic E-state index is -0.781. The third kappa shape index (κ3) is 3.61. The van der Waals surface area contributed by atoms with Crippen molar-refractivity contribution in [3.05, 3.63) is 97.6 Å². The highest BCUT2D eigenvalue weighted by Crippen LogP contribution is 2.55. The first-order chi connectivity index (χ1) is 19.0. The number of amides is 2. The fourth-order valence-electron chi connectivity index (χ4n) is 6.92. The van der Waals surface area contributed by atoms with E-state index in [0.29, 0.717) is 27.8 Å². The SMILES string of the molecule is CC1=CC(=O)C2=C(CC3C(=CCC4C(=O)N(c5cccc([N+](=O)[O-])c5)C(=O)C43)C2c2cc(C)c(O)c(C)c2)C1=O. The van der Waals surface area contributed by atoms with Crippen LogP contribution < -0.4 is 4.90 Å². The largest absolute Gasteiger partial charge is 0.507 e. The molecule has 1 aliphatic heterocycles. The van der Waals surface area contributed by atoms with Crippen molar-refractivity contribution in [1.29, 1.82) is 0 Å². The number of allylic oxidation sites excluding steroid dienone is 6. The van der Waals surface area contributed by atoms with Crippen molar-refractivity contribution in [2.24, 2.45) is 17.8 Å². The van der Waals surface area contributed by atoms with Gasteiger partial charge in [-0.05, 0) is 68.4 Å². The van der Waals surface area contributed by atoms with E-state index < -0.39 is 40.4 Å². The molecule has 0 bridgehead atoms. The summed E-state index contributed by atoms with van der Waals surface area (Å²) in [5.74, 6) is -3.84. The summed E-state index contributed by atoms with van der Waals surface area (Å²) < 4.78 is 0. The van der Waals surface area contributed by atoms with Gasteiger partial charge in [0.05, 0.1) is 22.4 Å². The smallest absolute Gasteiger partial charge is 0.271 e. The number of rotatable bonds is 3. The molecule has 4 unspecified atom stereocenters. The molecule has 2 aromatic carbocycles. The van der Waals surface area contributed by atoms with Crippen molar-refractivity contribution in [1.82, 2.24) is 0 Å². The molecule has 0 saturated carbocycles. The standard InChI is InChI=1S/C31H26N2O7/c1-14-9-17(10-15(2)28(14)35)25-20-7-8-21-26(22(20)13-23-27(25)24(34)11-16(3)29(23)36)31(38)32(30(21)37)18-5-4-6-19(12-18)33(39)40/h4-7,9-12,21-22,25-26,35H,8,13H2,1-3H3. The number of benzene rings is 2. The molecule has 9 nitrogen and oxygen atoms in total. The lowest BCUT2D eigenvalue weighted by Gasteiger charge is -2.42. The number of carbonyl (C=O) groups excluding carboxylic acids is 4. The molecule has 0 aromatic heterocycles. The summed E-state index contributed by atoms with van der Waals surface area (Å²) >= 11 is 0. The molecule has 6 rings (SSSR count). The molecule has 9 heteroatoms. The van der Waals surface area contributed by atoms with Gasteiger partial charge in [-0.15, -0.1) is 0 Å². The Kier molecular flexibility index (Phi) is 5.72. The van der Waals surface area contributed by atoms with E-state index >= 15 is 0 Å². The zero-order valence-corrected chi connectivity index (χ0v) is 22.1. The number of phenolic OH excluding ortho intramolecular Hbond substituents is 1. The number of hydrogen-bond acceptors (Lipinski definition) is 7. The molecule has 40 heavy (non-hydrogen) atoms. The first kappa shape index (κ1) is 25.6. The van der Waals surface area contributed by atoms with Gasteiger partial charge in [0.15, 0.2) is 11.6 Å². The van der Waals surface area contributed by atoms with Crippen LogP contribution in [0.1, 0.15) is 42.4 Å². The number of Topliss-reactive ketones (excluding diaryl/α,β-unsaturated/α-hetero) is 1. The molecule has 1 saturated heterocycles. The predicted octanol–water partition coefficient (Wildman–Crippen LogP) is 4.55. The highest BCUT2D eigenvalue weighted by molar-refractivity contribution is 6.25. The van der Waals surface area contributed by atoms with Crippen molar-refractivity contribution in [3.8, 4) is 5.75 Å². The number of aryl methyl sites for hydroxylation is 2. The highest BCUT2D eigenvalue weighted by atomic mass is 16.6. The Bertz CT molecular complexity index is 1650. The van der Waals surface area contributed by atoms with E-state index in [-0.39, 0.29) is 41.5 Å². The average Bonchev–Trinajstić information content (AvgIpc) is 3.18. The van der Waals surface area contributed by atoms with Crippen LogP contribution in [-0.2, 0) is 19.2 Å². The number of aromatic hydroxyl groups is 1. The lowest BCUT2D eigenvalue weighted by Crippen LogP contribution is -2.39. The van der Waals surface area contributed by atoms with Gasteiger partial charge in [0.2, 0.25) is 11.8 Å². The van der Waals surface area contributed by atoms with Crippen LogP contribution in [0.3, 0.4) is 0 Å². The van der Waals surface area contributed by atoms with Gasteiger partial charge in [-0.2, -0.15) is 0 Å². The number of nitro benzene ring substituents is 1. The van der Waals surface area contributed by atoms with Crippen LogP contribution in [0.5, 0.6) is 5.75 Å². The maximum absolute atomic E-state index is 13.9. The molecule has 1 fully saturated rings. The van der Waals surface area contributed by atoms with Gasteiger partial charge in [-0.25, -0.2) is 4.90 Å². The quantitative estimate of drug-likeness (QED) is 0.199. The number of anilines is 1. The Labute approximate surface area is 229 Å². The van der Waals surface area contributed by atoms with Crippen LogP contribution in [0.25, 0.3) is 0 Å². The molecular weight excluding hydrogens is 512 g/mol. The molecule has 1 N–H and O–H groups in total. The van der Waals surface area contributed by atoms with Crippen molar-refractivity contribution >= 4 is 34.8 Å². The van der Waals surface area contributed by atoms with Gasteiger partial charge < -0.3 is 5.11 Å². The number of nitrogens with zero attached hydrogens (tertiary/aromatic N) is 2. The van der Waals surface area contributed by atoms with Crippen molar-refractivity contribution in [2.45, 2.75) is 39.5 Å². The molecule has 2 aromatic rings. The normalized spacial score (nSPS) is 25.8.